The van der Waals surface area contributed by atoms with Crippen LogP contribution < -0.4 is 10.5 Å². The predicted octanol–water partition coefficient (Wildman–Crippen LogP) is 4.00. The molecule has 2 heterocycles. The van der Waals surface area contributed by atoms with E-state index in [0.29, 0.717) is 18.0 Å². The topological polar surface area (TPSA) is 81.3 Å². The Morgan fingerprint density at radius 1 is 1.13 bits per heavy atom. The molecule has 3 aromatic rings. The van der Waals surface area contributed by atoms with Gasteiger partial charge in [0.05, 0.1) is 11.7 Å². The van der Waals surface area contributed by atoms with Gasteiger partial charge in [-0.2, -0.15) is 0 Å². The largest absolute Gasteiger partial charge is 0.484 e. The number of hydrogen-bond donors (Lipinski definition) is 1. The number of para-hydroxylation sites is 1. The summed E-state index contributed by atoms with van der Waals surface area (Å²) in [6, 6.07) is 15.2. The van der Waals surface area contributed by atoms with E-state index in [0.717, 1.165) is 30.4 Å². The van der Waals surface area contributed by atoms with E-state index in [1.165, 1.54) is 12.1 Å². The van der Waals surface area contributed by atoms with E-state index >= 15 is 0 Å². The van der Waals surface area contributed by atoms with Gasteiger partial charge >= 0.3 is 0 Å². The van der Waals surface area contributed by atoms with Gasteiger partial charge in [-0.15, -0.1) is 0 Å². The maximum absolute atomic E-state index is 13.4. The van der Waals surface area contributed by atoms with Crippen LogP contribution in [-0.4, -0.2) is 33.9 Å². The number of rotatable bonds is 5. The molecule has 2 N–H and O–H groups in total. The highest BCUT2D eigenvalue weighted by Gasteiger charge is 2.31. The van der Waals surface area contributed by atoms with Crippen molar-refractivity contribution in [2.24, 2.45) is 0 Å². The first kappa shape index (κ1) is 19.8. The molecular weight excluding hydrogens is 383 g/mol. The Labute approximate surface area is 174 Å². The Kier molecular flexibility index (Phi) is 5.88. The van der Waals surface area contributed by atoms with Gasteiger partial charge in [0.25, 0.3) is 5.91 Å². The summed E-state index contributed by atoms with van der Waals surface area (Å²) in [5, 5.41) is 0. The van der Waals surface area contributed by atoms with Crippen molar-refractivity contribution < 1.29 is 13.9 Å². The van der Waals surface area contributed by atoms with E-state index in [1.54, 1.807) is 23.2 Å². The second kappa shape index (κ2) is 8.90. The molecule has 0 radical (unpaired) electrons. The van der Waals surface area contributed by atoms with Crippen LogP contribution in [0.1, 0.15) is 31.0 Å². The fourth-order valence-electron chi connectivity index (χ4n) is 3.77. The molecule has 154 valence electrons. The van der Waals surface area contributed by atoms with E-state index in [2.05, 4.69) is 9.97 Å². The van der Waals surface area contributed by atoms with Gasteiger partial charge in [0, 0.05) is 18.3 Å². The minimum absolute atomic E-state index is 0.0487. The number of ether oxygens (including phenoxy) is 1. The van der Waals surface area contributed by atoms with Crippen molar-refractivity contribution in [1.82, 2.24) is 14.9 Å². The third-order valence-electron chi connectivity index (χ3n) is 5.24. The van der Waals surface area contributed by atoms with Crippen molar-refractivity contribution in [3.05, 3.63) is 72.3 Å². The van der Waals surface area contributed by atoms with Gasteiger partial charge in [-0.25, -0.2) is 14.4 Å². The summed E-state index contributed by atoms with van der Waals surface area (Å²) >= 11 is 0. The lowest BCUT2D eigenvalue weighted by atomic mass is 9.93. The predicted molar refractivity (Wildman–Crippen MR) is 112 cm³/mol. The number of halogens is 1. The zero-order chi connectivity index (χ0) is 20.9. The van der Waals surface area contributed by atoms with Gasteiger partial charge in [-0.05, 0) is 49.1 Å². The van der Waals surface area contributed by atoms with Gasteiger partial charge in [0.1, 0.15) is 11.6 Å². The van der Waals surface area contributed by atoms with Crippen LogP contribution in [-0.2, 0) is 4.79 Å². The molecule has 7 heteroatoms. The second-order valence-corrected chi connectivity index (χ2v) is 7.23. The number of nitrogens with two attached hydrogens (primary N) is 1. The van der Waals surface area contributed by atoms with Crippen LogP contribution >= 0.6 is 0 Å². The van der Waals surface area contributed by atoms with Crippen LogP contribution in [0.4, 0.5) is 10.3 Å². The van der Waals surface area contributed by atoms with Crippen LogP contribution in [0, 0.1) is 5.82 Å². The Morgan fingerprint density at radius 2 is 1.90 bits per heavy atom. The molecule has 1 aliphatic rings. The molecule has 6 nitrogen and oxygen atoms in total. The smallest absolute Gasteiger partial charge is 0.261 e. The number of anilines is 1. The molecule has 1 saturated heterocycles. The molecule has 0 aliphatic carbocycles. The molecule has 30 heavy (non-hydrogen) atoms. The molecule has 0 spiro atoms. The summed E-state index contributed by atoms with van der Waals surface area (Å²) in [7, 11) is 0. The molecule has 1 aliphatic heterocycles. The molecule has 1 amide bonds. The van der Waals surface area contributed by atoms with Crippen LogP contribution in [0.5, 0.6) is 5.75 Å². The first-order chi connectivity index (χ1) is 14.6. The number of hydrogen-bond acceptors (Lipinski definition) is 5. The van der Waals surface area contributed by atoms with Gasteiger partial charge in [0.15, 0.2) is 6.61 Å². The van der Waals surface area contributed by atoms with Crippen LogP contribution in [0.2, 0.25) is 0 Å². The van der Waals surface area contributed by atoms with E-state index < -0.39 is 0 Å². The van der Waals surface area contributed by atoms with E-state index in [4.69, 9.17) is 10.5 Å². The minimum Gasteiger partial charge on any atom is -0.484 e. The Balaban J connectivity index is 1.61. The molecule has 4 rings (SSSR count). The normalized spacial score (nSPS) is 16.3. The summed E-state index contributed by atoms with van der Waals surface area (Å²) in [4.78, 5) is 23.4. The van der Waals surface area contributed by atoms with Crippen LogP contribution in [0.25, 0.3) is 11.1 Å². The zero-order valence-electron chi connectivity index (χ0n) is 16.5. The fraction of sp³-hybridized carbons (Fsp3) is 0.261. The second-order valence-electron chi connectivity index (χ2n) is 7.23. The molecule has 0 saturated carbocycles. The Bertz CT molecular complexity index is 1010. The lowest BCUT2D eigenvalue weighted by Gasteiger charge is -2.36. The summed E-state index contributed by atoms with van der Waals surface area (Å²) < 4.78 is 19.1. The van der Waals surface area contributed by atoms with E-state index in [-0.39, 0.29) is 30.3 Å². The summed E-state index contributed by atoms with van der Waals surface area (Å²) in [6.45, 7) is 0.571. The Hall–Kier alpha value is -3.48. The Morgan fingerprint density at radius 3 is 2.67 bits per heavy atom. The van der Waals surface area contributed by atoms with Crippen molar-refractivity contribution in [3.63, 3.8) is 0 Å². The minimum atomic E-state index is -0.316. The highest BCUT2D eigenvalue weighted by molar-refractivity contribution is 5.79. The van der Waals surface area contributed by atoms with Gasteiger partial charge in [0.2, 0.25) is 5.95 Å². The van der Waals surface area contributed by atoms with Crippen molar-refractivity contribution in [2.75, 3.05) is 18.9 Å². The fourth-order valence-corrected chi connectivity index (χ4v) is 3.77. The van der Waals surface area contributed by atoms with Crippen molar-refractivity contribution in [2.45, 2.75) is 25.3 Å². The average Bonchev–Trinajstić information content (AvgIpc) is 2.79. The van der Waals surface area contributed by atoms with Gasteiger partial charge in [-0.3, -0.25) is 4.79 Å². The first-order valence-electron chi connectivity index (χ1n) is 9.97. The quantitative estimate of drug-likeness (QED) is 0.693. The average molecular weight is 406 g/mol. The number of carbonyl (C=O) groups excluding carboxylic acids is 1. The maximum atomic E-state index is 13.4. The standard InChI is InChI=1S/C23H23FN4O2/c24-17-11-9-16(10-12-17)19-14-26-23(25)27-22(19)20-8-4-5-13-28(20)21(29)15-30-18-6-2-1-3-7-18/h1-3,6-7,9-12,14,20H,4-5,8,13,15H2,(H2,25,26,27)/t20-/m0/s1. The summed E-state index contributed by atoms with van der Waals surface area (Å²) in [5.41, 5.74) is 8.09. The SMILES string of the molecule is Nc1ncc(-c2ccc(F)cc2)c([C@@H]2CCCCN2C(=O)COc2ccccc2)n1. The maximum Gasteiger partial charge on any atom is 0.261 e. The van der Waals surface area contributed by atoms with Gasteiger partial charge < -0.3 is 15.4 Å². The zero-order valence-corrected chi connectivity index (χ0v) is 16.5. The molecule has 1 fully saturated rings. The van der Waals surface area contributed by atoms with Gasteiger partial charge in [-0.1, -0.05) is 30.3 Å². The number of piperidine rings is 1. The first-order valence-corrected chi connectivity index (χ1v) is 9.97. The number of carbonyl (C=O) groups is 1. The molecular formula is C23H23FN4O2. The van der Waals surface area contributed by atoms with Crippen LogP contribution in [0.15, 0.2) is 60.8 Å². The highest BCUT2D eigenvalue weighted by atomic mass is 19.1. The third kappa shape index (κ3) is 4.40. The molecule has 1 atom stereocenters. The van der Waals surface area contributed by atoms with Crippen molar-refractivity contribution >= 4 is 11.9 Å². The molecule has 2 aromatic carbocycles. The number of aromatic nitrogens is 2. The lowest BCUT2D eigenvalue weighted by Crippen LogP contribution is -2.41. The highest BCUT2D eigenvalue weighted by Crippen LogP contribution is 2.36. The van der Waals surface area contributed by atoms with Crippen molar-refractivity contribution in [1.29, 1.82) is 0 Å². The summed E-state index contributed by atoms with van der Waals surface area (Å²) in [5.74, 6) is 0.377. The third-order valence-corrected chi connectivity index (χ3v) is 5.24. The van der Waals surface area contributed by atoms with Crippen molar-refractivity contribution in [3.8, 4) is 16.9 Å². The molecule has 1 aromatic heterocycles. The lowest BCUT2D eigenvalue weighted by molar-refractivity contribution is -0.137. The number of amides is 1. The van der Waals surface area contributed by atoms with Crippen LogP contribution in [0.3, 0.4) is 0 Å². The molecule has 0 unspecified atom stereocenters. The number of nitrogens with zero attached hydrogens (tertiary/aromatic N) is 3. The summed E-state index contributed by atoms with van der Waals surface area (Å²) in [6.07, 6.45) is 4.30. The van der Waals surface area contributed by atoms with E-state index in [1.807, 2.05) is 30.3 Å². The van der Waals surface area contributed by atoms with E-state index in [9.17, 15) is 9.18 Å². The monoisotopic (exact) mass is 406 g/mol. The number of benzene rings is 2. The molecule has 0 bridgehead atoms. The number of nitrogen functional groups attached to an aromatic ring is 1. The number of likely N-dealkylation sites (tertiary alicyclic amines) is 1.